The lowest BCUT2D eigenvalue weighted by atomic mass is 9.82. The molecule has 19 heavy (non-hydrogen) atoms. The van der Waals surface area contributed by atoms with Crippen LogP contribution in [0.1, 0.15) is 31.9 Å². The Labute approximate surface area is 121 Å². The van der Waals surface area contributed by atoms with E-state index >= 15 is 0 Å². The molecule has 0 bridgehead atoms. The first-order valence-corrected chi connectivity index (χ1v) is 6.91. The summed E-state index contributed by atoms with van der Waals surface area (Å²) in [5.41, 5.74) is 5.11. The summed E-state index contributed by atoms with van der Waals surface area (Å²) in [6, 6.07) is 6.11. The number of rotatable bonds is 5. The summed E-state index contributed by atoms with van der Waals surface area (Å²) in [4.78, 5) is 0. The Morgan fingerprint density at radius 2 is 2.00 bits per heavy atom. The molecule has 2 atom stereocenters. The fraction of sp³-hybridized carbons (Fsp3) is 0.600. The van der Waals surface area contributed by atoms with Gasteiger partial charge >= 0.3 is 0 Å². The second-order valence-corrected chi connectivity index (χ2v) is 6.50. The smallest absolute Gasteiger partial charge is 0.0789 e. The van der Waals surface area contributed by atoms with Crippen LogP contribution < -0.4 is 11.3 Å². The monoisotopic (exact) mass is 284 g/mol. The fourth-order valence-electron chi connectivity index (χ4n) is 2.43. The van der Waals surface area contributed by atoms with Gasteiger partial charge in [-0.15, -0.1) is 0 Å². The lowest BCUT2D eigenvalue weighted by molar-refractivity contribution is -0.0110. The summed E-state index contributed by atoms with van der Waals surface area (Å²) >= 11 is 6.28. The van der Waals surface area contributed by atoms with Gasteiger partial charge in [0.2, 0.25) is 0 Å². The number of hydrazine groups is 1. The van der Waals surface area contributed by atoms with Crippen molar-refractivity contribution in [2.75, 3.05) is 7.11 Å². The molecule has 1 aromatic carbocycles. The Morgan fingerprint density at radius 1 is 1.37 bits per heavy atom. The summed E-state index contributed by atoms with van der Waals surface area (Å²) in [7, 11) is 1.72. The first kappa shape index (κ1) is 16.4. The number of benzene rings is 1. The van der Waals surface area contributed by atoms with E-state index in [0.29, 0.717) is 0 Å². The molecule has 4 heteroatoms. The van der Waals surface area contributed by atoms with Gasteiger partial charge in [-0.2, -0.15) is 0 Å². The molecule has 3 nitrogen and oxygen atoms in total. The fourth-order valence-corrected chi connectivity index (χ4v) is 2.74. The number of nitrogens with one attached hydrogen (secondary N) is 1. The molecule has 0 fully saturated rings. The van der Waals surface area contributed by atoms with E-state index in [1.54, 1.807) is 7.11 Å². The van der Waals surface area contributed by atoms with Crippen LogP contribution in [0.25, 0.3) is 0 Å². The number of hydrogen-bond acceptors (Lipinski definition) is 3. The van der Waals surface area contributed by atoms with Gasteiger partial charge in [0.25, 0.3) is 0 Å². The van der Waals surface area contributed by atoms with Gasteiger partial charge in [-0.3, -0.25) is 11.3 Å². The number of ether oxygens (including phenoxy) is 1. The highest BCUT2D eigenvalue weighted by Gasteiger charge is 2.32. The number of aryl methyl sites for hydroxylation is 1. The van der Waals surface area contributed by atoms with Gasteiger partial charge in [-0.1, -0.05) is 44.5 Å². The van der Waals surface area contributed by atoms with Gasteiger partial charge in [-0.05, 0) is 36.0 Å². The molecule has 0 aliphatic rings. The maximum absolute atomic E-state index is 6.28. The van der Waals surface area contributed by atoms with E-state index in [1.165, 1.54) is 0 Å². The van der Waals surface area contributed by atoms with Crippen molar-refractivity contribution in [1.29, 1.82) is 0 Å². The van der Waals surface area contributed by atoms with Gasteiger partial charge in [0.05, 0.1) is 12.1 Å². The van der Waals surface area contributed by atoms with Gasteiger partial charge in [-0.25, -0.2) is 0 Å². The molecule has 0 aliphatic carbocycles. The molecule has 0 amide bonds. The van der Waals surface area contributed by atoms with Gasteiger partial charge in [0, 0.05) is 12.1 Å². The minimum absolute atomic E-state index is 0.00294. The highest BCUT2D eigenvalue weighted by atomic mass is 35.5. The van der Waals surface area contributed by atoms with Crippen LogP contribution in [0.3, 0.4) is 0 Å². The number of hydrogen-bond donors (Lipinski definition) is 2. The SMILES string of the molecule is COC(C(Cc1ccc(C)cc1Cl)NN)C(C)(C)C. The van der Waals surface area contributed by atoms with E-state index in [9.17, 15) is 0 Å². The molecule has 108 valence electrons. The molecule has 0 aromatic heterocycles. The Kier molecular flexibility index (Phi) is 5.81. The van der Waals surface area contributed by atoms with Crippen LogP contribution in [0.15, 0.2) is 18.2 Å². The van der Waals surface area contributed by atoms with E-state index in [2.05, 4.69) is 38.3 Å². The third-order valence-electron chi connectivity index (χ3n) is 3.34. The van der Waals surface area contributed by atoms with E-state index in [-0.39, 0.29) is 17.6 Å². The Hall–Kier alpha value is -0.610. The summed E-state index contributed by atoms with van der Waals surface area (Å²) in [6.07, 6.45) is 0.751. The largest absolute Gasteiger partial charge is 0.379 e. The maximum atomic E-state index is 6.28. The van der Waals surface area contributed by atoms with Crippen molar-refractivity contribution >= 4 is 11.6 Å². The zero-order chi connectivity index (χ0) is 14.6. The Balaban J connectivity index is 2.92. The van der Waals surface area contributed by atoms with E-state index in [1.807, 2.05) is 13.0 Å². The third kappa shape index (κ3) is 4.46. The van der Waals surface area contributed by atoms with Crippen LogP contribution in [0.5, 0.6) is 0 Å². The lowest BCUT2D eigenvalue weighted by Crippen LogP contribution is -2.51. The normalized spacial score (nSPS) is 15.3. The van der Waals surface area contributed by atoms with Crippen LogP contribution in [0, 0.1) is 12.3 Å². The number of nitrogens with two attached hydrogens (primary N) is 1. The topological polar surface area (TPSA) is 47.3 Å². The minimum atomic E-state index is 0.00294. The van der Waals surface area contributed by atoms with Crippen LogP contribution in [-0.2, 0) is 11.2 Å². The van der Waals surface area contributed by atoms with Crippen molar-refractivity contribution in [2.24, 2.45) is 11.3 Å². The third-order valence-corrected chi connectivity index (χ3v) is 3.69. The molecule has 0 aliphatic heterocycles. The number of halogens is 1. The molecule has 3 N–H and O–H groups in total. The molecule has 1 aromatic rings. The van der Waals surface area contributed by atoms with E-state index < -0.39 is 0 Å². The van der Waals surface area contributed by atoms with Crippen LogP contribution >= 0.6 is 11.6 Å². The Morgan fingerprint density at radius 3 is 2.42 bits per heavy atom. The van der Waals surface area contributed by atoms with Gasteiger partial charge in [0.1, 0.15) is 0 Å². The zero-order valence-electron chi connectivity index (χ0n) is 12.5. The molecular weight excluding hydrogens is 260 g/mol. The minimum Gasteiger partial charge on any atom is -0.379 e. The molecule has 0 saturated heterocycles. The van der Waals surface area contributed by atoms with Crippen molar-refractivity contribution in [1.82, 2.24) is 5.43 Å². The van der Waals surface area contributed by atoms with Crippen LogP contribution in [0.2, 0.25) is 5.02 Å². The summed E-state index contributed by atoms with van der Waals surface area (Å²) < 4.78 is 5.62. The molecule has 0 heterocycles. The van der Waals surface area contributed by atoms with E-state index in [0.717, 1.165) is 22.6 Å². The van der Waals surface area contributed by atoms with Crippen molar-refractivity contribution in [3.63, 3.8) is 0 Å². The standard InChI is InChI=1S/C15H25ClN2O/c1-10-6-7-11(12(16)8-10)9-13(18-17)14(19-5)15(2,3)4/h6-8,13-14,18H,9,17H2,1-5H3. The van der Waals surface area contributed by atoms with Gasteiger partial charge < -0.3 is 4.74 Å². The van der Waals surface area contributed by atoms with Crippen LogP contribution in [-0.4, -0.2) is 19.3 Å². The number of methoxy groups -OCH3 is 1. The molecule has 0 spiro atoms. The van der Waals surface area contributed by atoms with Crippen LogP contribution in [0.4, 0.5) is 0 Å². The van der Waals surface area contributed by atoms with Crippen molar-refractivity contribution < 1.29 is 4.74 Å². The summed E-state index contributed by atoms with van der Waals surface area (Å²) in [5.74, 6) is 5.70. The van der Waals surface area contributed by atoms with E-state index in [4.69, 9.17) is 22.2 Å². The summed E-state index contributed by atoms with van der Waals surface area (Å²) in [5, 5.41) is 0.781. The average molecular weight is 285 g/mol. The lowest BCUT2D eigenvalue weighted by Gasteiger charge is -2.35. The molecule has 2 unspecified atom stereocenters. The second kappa shape index (κ2) is 6.71. The van der Waals surface area contributed by atoms with Crippen molar-refractivity contribution in [3.05, 3.63) is 34.3 Å². The quantitative estimate of drug-likeness (QED) is 0.645. The molecule has 0 saturated carbocycles. The predicted molar refractivity (Wildman–Crippen MR) is 81.3 cm³/mol. The first-order chi connectivity index (χ1) is 8.79. The average Bonchev–Trinajstić information content (AvgIpc) is 2.30. The highest BCUT2D eigenvalue weighted by Crippen LogP contribution is 2.27. The zero-order valence-corrected chi connectivity index (χ0v) is 13.2. The van der Waals surface area contributed by atoms with Crippen molar-refractivity contribution in [2.45, 2.75) is 46.3 Å². The molecule has 1 rings (SSSR count). The highest BCUT2D eigenvalue weighted by molar-refractivity contribution is 6.31. The molecular formula is C15H25ClN2O. The molecule has 0 radical (unpaired) electrons. The Bertz CT molecular complexity index is 415. The summed E-state index contributed by atoms with van der Waals surface area (Å²) in [6.45, 7) is 8.45. The first-order valence-electron chi connectivity index (χ1n) is 6.53. The predicted octanol–water partition coefficient (Wildman–Crippen LogP) is 3.08. The van der Waals surface area contributed by atoms with Gasteiger partial charge in [0.15, 0.2) is 0 Å². The second-order valence-electron chi connectivity index (χ2n) is 6.09. The van der Waals surface area contributed by atoms with Crippen molar-refractivity contribution in [3.8, 4) is 0 Å². The maximum Gasteiger partial charge on any atom is 0.0789 e.